The highest BCUT2D eigenvalue weighted by atomic mass is 127. The number of halogens is 1. The molecular weight excluding hydrogens is 409 g/mol. The minimum Gasteiger partial charge on any atom is -0.469 e. The highest BCUT2D eigenvalue weighted by Gasteiger charge is 2.48. The number of hydrogen-bond acceptors (Lipinski definition) is 6. The van der Waals surface area contributed by atoms with E-state index >= 15 is 0 Å². The van der Waals surface area contributed by atoms with Crippen molar-refractivity contribution in [1.29, 1.82) is 0 Å². The van der Waals surface area contributed by atoms with Crippen LogP contribution in [0.5, 0.6) is 0 Å². The number of fused-ring (bicyclic) bond motifs is 1. The van der Waals surface area contributed by atoms with Crippen molar-refractivity contribution in [2.24, 2.45) is 0 Å². The van der Waals surface area contributed by atoms with Crippen LogP contribution in [0.2, 0.25) is 0 Å². The Morgan fingerprint density at radius 1 is 1.33 bits per heavy atom. The number of benzene rings is 1. The number of carbonyl (C=O) groups excluding carboxylic acids is 3. The minimum absolute atomic E-state index is 0.308. The van der Waals surface area contributed by atoms with Crippen LogP contribution in [0.3, 0.4) is 0 Å². The minimum atomic E-state index is -1.50. The van der Waals surface area contributed by atoms with E-state index in [4.69, 9.17) is 4.74 Å². The summed E-state index contributed by atoms with van der Waals surface area (Å²) in [6.45, 7) is 0. The van der Waals surface area contributed by atoms with Gasteiger partial charge in [0.15, 0.2) is 4.87 Å². The van der Waals surface area contributed by atoms with Gasteiger partial charge in [0, 0.05) is 8.47 Å². The van der Waals surface area contributed by atoms with Gasteiger partial charge in [0.2, 0.25) is 0 Å². The Morgan fingerprint density at radius 2 is 2.05 bits per heavy atom. The fraction of sp³-hybridized carbons (Fsp3) is 0.308. The number of rotatable bonds is 3. The van der Waals surface area contributed by atoms with Gasteiger partial charge in [0.05, 0.1) is 26.2 Å². The molecule has 0 spiro atoms. The molecule has 0 fully saturated rings. The molecule has 0 bridgehead atoms. The molecule has 0 aliphatic carbocycles. The van der Waals surface area contributed by atoms with E-state index in [1.165, 1.54) is 14.2 Å². The lowest BCUT2D eigenvalue weighted by Gasteiger charge is -2.34. The molecule has 1 aliphatic heterocycles. The number of amides is 1. The molecule has 1 aromatic rings. The van der Waals surface area contributed by atoms with Crippen molar-refractivity contribution in [3.8, 4) is 0 Å². The summed E-state index contributed by atoms with van der Waals surface area (Å²) in [5, 5.41) is 2.57. The summed E-state index contributed by atoms with van der Waals surface area (Å²) in [6.07, 6.45) is -0.308. The van der Waals surface area contributed by atoms with Crippen LogP contribution in [0, 0.1) is 3.57 Å². The number of thioether (sulfide) groups is 1. The first-order valence-electron chi connectivity index (χ1n) is 5.88. The molecule has 0 saturated carbocycles. The van der Waals surface area contributed by atoms with E-state index in [2.05, 4.69) is 32.6 Å². The molecule has 1 aliphatic rings. The summed E-state index contributed by atoms with van der Waals surface area (Å²) in [6, 6.07) is 5.29. The van der Waals surface area contributed by atoms with Gasteiger partial charge in [-0.25, -0.2) is 4.79 Å². The Balaban J connectivity index is 2.45. The molecule has 1 heterocycles. The summed E-state index contributed by atoms with van der Waals surface area (Å²) < 4.78 is 10.2. The largest absolute Gasteiger partial charge is 0.469 e. The van der Waals surface area contributed by atoms with Gasteiger partial charge in [-0.3, -0.25) is 9.59 Å². The molecule has 1 N–H and O–H groups in total. The normalized spacial score (nSPS) is 20.2. The fourth-order valence-electron chi connectivity index (χ4n) is 1.92. The lowest BCUT2D eigenvalue weighted by atomic mass is 10.1. The highest BCUT2D eigenvalue weighted by Crippen LogP contribution is 2.41. The number of ether oxygens (including phenoxy) is 2. The molecule has 21 heavy (non-hydrogen) atoms. The predicted molar refractivity (Wildman–Crippen MR) is 83.9 cm³/mol. The van der Waals surface area contributed by atoms with Crippen molar-refractivity contribution in [2.75, 3.05) is 14.2 Å². The molecule has 0 radical (unpaired) electrons. The topological polar surface area (TPSA) is 81.7 Å². The number of methoxy groups -OCH3 is 2. The Labute approximate surface area is 139 Å². The molecule has 8 heteroatoms. The van der Waals surface area contributed by atoms with E-state index in [0.29, 0.717) is 10.5 Å². The van der Waals surface area contributed by atoms with Crippen molar-refractivity contribution < 1.29 is 23.9 Å². The van der Waals surface area contributed by atoms with Crippen molar-refractivity contribution in [2.45, 2.75) is 16.2 Å². The van der Waals surface area contributed by atoms with Crippen LogP contribution in [0.1, 0.15) is 16.8 Å². The zero-order chi connectivity index (χ0) is 15.6. The first kappa shape index (κ1) is 16.1. The SMILES string of the molecule is COC(=O)CC1(C(=O)OC)NC(=O)c2cc(I)ccc2S1. The average Bonchev–Trinajstić information content (AvgIpc) is 2.47. The Morgan fingerprint density at radius 3 is 2.67 bits per heavy atom. The number of nitrogens with one attached hydrogen (secondary N) is 1. The van der Waals surface area contributed by atoms with Gasteiger partial charge in [0.25, 0.3) is 5.91 Å². The summed E-state index contributed by atoms with van der Waals surface area (Å²) in [7, 11) is 2.43. The van der Waals surface area contributed by atoms with Crippen molar-refractivity contribution in [3.63, 3.8) is 0 Å². The van der Waals surface area contributed by atoms with E-state index in [1.807, 2.05) is 6.07 Å². The van der Waals surface area contributed by atoms with Crippen LogP contribution in [0.25, 0.3) is 0 Å². The van der Waals surface area contributed by atoms with Gasteiger partial charge in [-0.1, -0.05) is 11.8 Å². The van der Waals surface area contributed by atoms with Crippen LogP contribution < -0.4 is 5.32 Å². The molecule has 1 aromatic carbocycles. The van der Waals surface area contributed by atoms with Gasteiger partial charge in [-0.05, 0) is 40.8 Å². The van der Waals surface area contributed by atoms with E-state index in [-0.39, 0.29) is 6.42 Å². The van der Waals surface area contributed by atoms with Crippen molar-refractivity contribution in [3.05, 3.63) is 27.3 Å². The fourth-order valence-corrected chi connectivity index (χ4v) is 3.68. The smallest absolute Gasteiger partial charge is 0.343 e. The zero-order valence-electron chi connectivity index (χ0n) is 11.3. The molecule has 112 valence electrons. The quantitative estimate of drug-likeness (QED) is 0.590. The standard InChI is InChI=1S/C13H12INO5S/c1-19-10(16)6-13(12(18)20-2)15-11(17)8-5-7(14)3-4-9(8)21-13/h3-5H,6H2,1-2H3,(H,15,17). The average molecular weight is 421 g/mol. The maximum absolute atomic E-state index is 12.3. The van der Waals surface area contributed by atoms with Crippen LogP contribution in [-0.4, -0.2) is 36.9 Å². The second kappa shape index (κ2) is 6.22. The lowest BCUT2D eigenvalue weighted by Crippen LogP contribution is -2.56. The summed E-state index contributed by atoms with van der Waals surface area (Å²) in [5.74, 6) is -1.73. The molecule has 0 aromatic heterocycles. The third kappa shape index (κ3) is 3.15. The molecular formula is C13H12INO5S. The van der Waals surface area contributed by atoms with E-state index < -0.39 is 22.7 Å². The molecule has 1 atom stereocenters. The molecule has 6 nitrogen and oxygen atoms in total. The maximum Gasteiger partial charge on any atom is 0.343 e. The summed E-state index contributed by atoms with van der Waals surface area (Å²) >= 11 is 3.18. The third-order valence-corrected chi connectivity index (χ3v) is 4.93. The Hall–Kier alpha value is -1.29. The van der Waals surface area contributed by atoms with Crippen LogP contribution in [0.15, 0.2) is 23.1 Å². The zero-order valence-corrected chi connectivity index (χ0v) is 14.2. The van der Waals surface area contributed by atoms with Gasteiger partial charge >= 0.3 is 11.9 Å². The Bertz CT molecular complexity index is 621. The van der Waals surface area contributed by atoms with E-state index in [1.54, 1.807) is 12.1 Å². The van der Waals surface area contributed by atoms with Gasteiger partial charge in [-0.15, -0.1) is 0 Å². The summed E-state index contributed by atoms with van der Waals surface area (Å²) in [5.41, 5.74) is 0.469. The van der Waals surface area contributed by atoms with Crippen molar-refractivity contribution >= 4 is 52.2 Å². The molecule has 2 rings (SSSR count). The van der Waals surface area contributed by atoms with Gasteiger partial charge < -0.3 is 14.8 Å². The summed E-state index contributed by atoms with van der Waals surface area (Å²) in [4.78, 5) is 35.1. The van der Waals surface area contributed by atoms with Crippen LogP contribution in [-0.2, 0) is 19.1 Å². The Kier molecular flexibility index (Phi) is 4.77. The van der Waals surface area contributed by atoms with Crippen LogP contribution >= 0.6 is 34.4 Å². The first-order valence-corrected chi connectivity index (χ1v) is 7.77. The number of carbonyl (C=O) groups is 3. The molecule has 1 unspecified atom stereocenters. The molecule has 1 amide bonds. The third-order valence-electron chi connectivity index (χ3n) is 2.92. The number of esters is 2. The number of hydrogen-bond donors (Lipinski definition) is 1. The van der Waals surface area contributed by atoms with E-state index in [0.717, 1.165) is 15.3 Å². The maximum atomic E-state index is 12.3. The second-order valence-electron chi connectivity index (χ2n) is 4.27. The highest BCUT2D eigenvalue weighted by molar-refractivity contribution is 14.1. The predicted octanol–water partition coefficient (Wildman–Crippen LogP) is 1.56. The van der Waals surface area contributed by atoms with E-state index in [9.17, 15) is 14.4 Å². The van der Waals surface area contributed by atoms with Crippen molar-refractivity contribution in [1.82, 2.24) is 5.32 Å². The monoisotopic (exact) mass is 421 g/mol. The van der Waals surface area contributed by atoms with Gasteiger partial charge in [0.1, 0.15) is 0 Å². The molecule has 0 saturated heterocycles. The van der Waals surface area contributed by atoms with Crippen LogP contribution in [0.4, 0.5) is 0 Å². The first-order chi connectivity index (χ1) is 9.91. The lowest BCUT2D eigenvalue weighted by molar-refractivity contribution is -0.150. The van der Waals surface area contributed by atoms with Gasteiger partial charge in [-0.2, -0.15) is 0 Å². The second-order valence-corrected chi connectivity index (χ2v) is 6.85.